The zero-order chi connectivity index (χ0) is 21.7. The molecule has 3 aromatic rings. The maximum atomic E-state index is 13.2. The molecule has 5 rings (SSSR count). The summed E-state index contributed by atoms with van der Waals surface area (Å²) in [6.07, 6.45) is 5.03. The van der Waals surface area contributed by atoms with E-state index in [1.54, 1.807) is 0 Å². The van der Waals surface area contributed by atoms with Gasteiger partial charge in [0, 0.05) is 30.9 Å². The van der Waals surface area contributed by atoms with Crippen LogP contribution in [0.2, 0.25) is 0 Å². The van der Waals surface area contributed by atoms with Crippen LogP contribution in [0.1, 0.15) is 57.4 Å². The molecule has 1 aromatic heterocycles. The molecule has 5 nitrogen and oxygen atoms in total. The minimum absolute atomic E-state index is 0.0396. The van der Waals surface area contributed by atoms with Gasteiger partial charge in [0.2, 0.25) is 0 Å². The fourth-order valence-corrected chi connectivity index (χ4v) is 5.15. The second-order valence-corrected chi connectivity index (χ2v) is 9.06. The van der Waals surface area contributed by atoms with Crippen molar-refractivity contribution in [1.82, 2.24) is 14.7 Å². The standard InChI is InChI=1S/C26H29N3O2/c1-16-17(2)22-15-29(24-5-4-6-25(24)30)26(31)21(22)14-20(16)13-18-7-9-19(10-8-18)23-11-12-28(3)27-23/h7-12,14,24-25,30H,4-6,13,15H2,1-3H3/t24-,25-/m0/s1. The molecule has 0 bridgehead atoms. The summed E-state index contributed by atoms with van der Waals surface area (Å²) >= 11 is 0. The van der Waals surface area contributed by atoms with Crippen molar-refractivity contribution < 1.29 is 9.90 Å². The Morgan fingerprint density at radius 1 is 1.10 bits per heavy atom. The van der Waals surface area contributed by atoms with Gasteiger partial charge in [-0.1, -0.05) is 24.3 Å². The van der Waals surface area contributed by atoms with Crippen molar-refractivity contribution in [1.29, 1.82) is 0 Å². The molecule has 31 heavy (non-hydrogen) atoms. The topological polar surface area (TPSA) is 58.4 Å². The van der Waals surface area contributed by atoms with Gasteiger partial charge in [0.1, 0.15) is 0 Å². The largest absolute Gasteiger partial charge is 0.391 e. The van der Waals surface area contributed by atoms with Gasteiger partial charge in [-0.2, -0.15) is 5.10 Å². The first-order chi connectivity index (χ1) is 14.9. The Morgan fingerprint density at radius 2 is 1.87 bits per heavy atom. The van der Waals surface area contributed by atoms with Gasteiger partial charge < -0.3 is 10.0 Å². The van der Waals surface area contributed by atoms with E-state index in [1.807, 2.05) is 28.9 Å². The molecule has 1 amide bonds. The summed E-state index contributed by atoms with van der Waals surface area (Å²) in [6, 6.07) is 12.6. The zero-order valence-corrected chi connectivity index (χ0v) is 18.4. The van der Waals surface area contributed by atoms with Gasteiger partial charge in [0.05, 0.1) is 17.8 Å². The number of rotatable bonds is 4. The van der Waals surface area contributed by atoms with Crippen LogP contribution in [0.5, 0.6) is 0 Å². The summed E-state index contributed by atoms with van der Waals surface area (Å²) < 4.78 is 1.81. The van der Waals surface area contributed by atoms with Crippen molar-refractivity contribution in [3.05, 3.63) is 76.0 Å². The Bertz CT molecular complexity index is 1150. The Hall–Kier alpha value is -2.92. The fraction of sp³-hybridized carbons (Fsp3) is 0.385. The number of fused-ring (bicyclic) bond motifs is 1. The van der Waals surface area contributed by atoms with Crippen molar-refractivity contribution in [2.75, 3.05) is 0 Å². The quantitative estimate of drug-likeness (QED) is 0.696. The number of aromatic nitrogens is 2. The third kappa shape index (κ3) is 3.47. The van der Waals surface area contributed by atoms with Crippen molar-refractivity contribution >= 4 is 5.91 Å². The first kappa shape index (κ1) is 20.0. The Balaban J connectivity index is 1.41. The lowest BCUT2D eigenvalue weighted by molar-refractivity contribution is 0.0479. The van der Waals surface area contributed by atoms with E-state index in [-0.39, 0.29) is 11.9 Å². The fourth-order valence-electron chi connectivity index (χ4n) is 5.15. The van der Waals surface area contributed by atoms with E-state index in [0.717, 1.165) is 48.1 Å². The molecular weight excluding hydrogens is 386 g/mol. The van der Waals surface area contributed by atoms with Gasteiger partial charge in [0.25, 0.3) is 5.91 Å². The molecule has 1 aliphatic heterocycles. The number of aliphatic hydroxyl groups excluding tert-OH is 1. The van der Waals surface area contributed by atoms with E-state index in [9.17, 15) is 9.90 Å². The molecule has 1 N–H and O–H groups in total. The summed E-state index contributed by atoms with van der Waals surface area (Å²) in [7, 11) is 1.92. The Labute approximate surface area is 183 Å². The van der Waals surface area contributed by atoms with Crippen LogP contribution in [0.3, 0.4) is 0 Å². The molecule has 160 valence electrons. The number of amides is 1. The monoisotopic (exact) mass is 415 g/mol. The number of carbonyl (C=O) groups is 1. The molecule has 1 aliphatic carbocycles. The summed E-state index contributed by atoms with van der Waals surface area (Å²) in [6.45, 7) is 4.91. The van der Waals surface area contributed by atoms with E-state index < -0.39 is 6.10 Å². The summed E-state index contributed by atoms with van der Waals surface area (Å²) in [5.41, 5.74) is 8.92. The van der Waals surface area contributed by atoms with E-state index in [0.29, 0.717) is 6.54 Å². The number of hydrogen-bond acceptors (Lipinski definition) is 3. The molecule has 0 unspecified atom stereocenters. The SMILES string of the molecule is Cc1c(Cc2ccc(-c3ccn(C)n3)cc2)cc2c(c1C)CN([C@H]1CCC[C@@H]1O)C2=O. The van der Waals surface area contributed by atoms with E-state index in [1.165, 1.54) is 22.3 Å². The summed E-state index contributed by atoms with van der Waals surface area (Å²) in [5.74, 6) is 0.0794. The Morgan fingerprint density at radius 3 is 2.52 bits per heavy atom. The van der Waals surface area contributed by atoms with E-state index in [4.69, 9.17) is 0 Å². The van der Waals surface area contributed by atoms with E-state index in [2.05, 4.69) is 49.3 Å². The molecule has 2 atom stereocenters. The highest BCUT2D eigenvalue weighted by atomic mass is 16.3. The number of hydrogen-bond donors (Lipinski definition) is 1. The molecule has 2 aromatic carbocycles. The number of benzene rings is 2. The molecule has 0 radical (unpaired) electrons. The predicted octanol–water partition coefficient (Wildman–Crippen LogP) is 4.16. The van der Waals surface area contributed by atoms with Crippen molar-refractivity contribution in [2.24, 2.45) is 7.05 Å². The highest BCUT2D eigenvalue weighted by Gasteiger charge is 2.39. The van der Waals surface area contributed by atoms with Gasteiger partial charge in [0.15, 0.2) is 0 Å². The second kappa shape index (κ2) is 7.65. The predicted molar refractivity (Wildman–Crippen MR) is 121 cm³/mol. The van der Waals surface area contributed by atoms with Gasteiger partial charge in [-0.15, -0.1) is 0 Å². The van der Waals surface area contributed by atoms with Crippen LogP contribution in [-0.2, 0) is 20.0 Å². The average molecular weight is 416 g/mol. The highest BCUT2D eigenvalue weighted by Crippen LogP contribution is 2.36. The molecular formula is C26H29N3O2. The lowest BCUT2D eigenvalue weighted by Crippen LogP contribution is -2.40. The van der Waals surface area contributed by atoms with Gasteiger partial charge >= 0.3 is 0 Å². The van der Waals surface area contributed by atoms with Crippen LogP contribution < -0.4 is 0 Å². The highest BCUT2D eigenvalue weighted by molar-refractivity contribution is 5.99. The number of carbonyl (C=O) groups excluding carboxylic acids is 1. The van der Waals surface area contributed by atoms with Gasteiger partial charge in [-0.3, -0.25) is 9.48 Å². The molecule has 0 saturated heterocycles. The molecule has 5 heteroatoms. The molecule has 2 heterocycles. The average Bonchev–Trinajstić information content (AvgIpc) is 3.46. The van der Waals surface area contributed by atoms with E-state index >= 15 is 0 Å². The maximum absolute atomic E-state index is 13.2. The number of nitrogens with zero attached hydrogens (tertiary/aromatic N) is 3. The van der Waals surface area contributed by atoms with Gasteiger partial charge in [-0.25, -0.2) is 0 Å². The smallest absolute Gasteiger partial charge is 0.254 e. The van der Waals surface area contributed by atoms with Crippen LogP contribution in [0.15, 0.2) is 42.6 Å². The minimum Gasteiger partial charge on any atom is -0.391 e. The van der Waals surface area contributed by atoms with Crippen LogP contribution in [0.25, 0.3) is 11.3 Å². The Kier molecular flexibility index (Phi) is 4.94. The van der Waals surface area contributed by atoms with Crippen molar-refractivity contribution in [3.63, 3.8) is 0 Å². The molecule has 1 saturated carbocycles. The third-order valence-electron chi connectivity index (χ3n) is 7.16. The lowest BCUT2D eigenvalue weighted by atomic mass is 9.91. The normalized spacial score (nSPS) is 20.5. The first-order valence-electron chi connectivity index (χ1n) is 11.1. The van der Waals surface area contributed by atoms with Crippen molar-refractivity contribution in [2.45, 2.75) is 58.2 Å². The number of aliphatic hydroxyl groups is 1. The van der Waals surface area contributed by atoms with Crippen molar-refractivity contribution in [3.8, 4) is 11.3 Å². The molecule has 1 fully saturated rings. The summed E-state index contributed by atoms with van der Waals surface area (Å²) in [5, 5.41) is 14.8. The molecule has 0 spiro atoms. The molecule has 2 aliphatic rings. The second-order valence-electron chi connectivity index (χ2n) is 9.06. The number of aryl methyl sites for hydroxylation is 1. The first-order valence-corrected chi connectivity index (χ1v) is 11.1. The van der Waals surface area contributed by atoms with Crippen LogP contribution >= 0.6 is 0 Å². The van der Waals surface area contributed by atoms with Gasteiger partial charge in [-0.05, 0) is 79.5 Å². The minimum atomic E-state index is -0.392. The third-order valence-corrected chi connectivity index (χ3v) is 7.16. The van der Waals surface area contributed by atoms with Crippen LogP contribution in [0, 0.1) is 13.8 Å². The van der Waals surface area contributed by atoms with Crippen LogP contribution in [-0.4, -0.2) is 37.8 Å². The zero-order valence-electron chi connectivity index (χ0n) is 18.4. The summed E-state index contributed by atoms with van der Waals surface area (Å²) in [4.78, 5) is 15.1. The maximum Gasteiger partial charge on any atom is 0.254 e. The lowest BCUT2D eigenvalue weighted by Gasteiger charge is -2.26. The van der Waals surface area contributed by atoms with Crippen LogP contribution in [0.4, 0.5) is 0 Å².